The van der Waals surface area contributed by atoms with Crippen molar-refractivity contribution in [2.75, 3.05) is 46.6 Å². The summed E-state index contributed by atoms with van der Waals surface area (Å²) in [7, 11) is 3.59. The molecule has 0 aliphatic rings. The quantitative estimate of drug-likeness (QED) is 0.279. The van der Waals surface area contributed by atoms with Crippen molar-refractivity contribution in [3.8, 4) is 0 Å². The molecule has 0 radical (unpaired) electrons. The molecule has 2 rings (SSSR count). The molecule has 200 valence electrons. The van der Waals surface area contributed by atoms with E-state index in [-0.39, 0.29) is 18.4 Å². The Kier molecular flexibility index (Phi) is 13.9. The predicted octanol–water partition coefficient (Wildman–Crippen LogP) is 4.69. The zero-order valence-electron chi connectivity index (χ0n) is 22.7. The minimum Gasteiger partial charge on any atom is -0.383 e. The first-order valence-electron chi connectivity index (χ1n) is 13.3. The second-order valence-corrected chi connectivity index (χ2v) is 9.20. The van der Waals surface area contributed by atoms with Crippen molar-refractivity contribution in [2.24, 2.45) is 7.05 Å². The molecule has 2 amide bonds. The minimum atomic E-state index is -0.122. The second-order valence-electron chi connectivity index (χ2n) is 9.20. The van der Waals surface area contributed by atoms with Gasteiger partial charge in [-0.2, -0.15) is 0 Å². The number of hydrogen-bond donors (Lipinski definition) is 0. The first kappa shape index (κ1) is 29.6. The van der Waals surface area contributed by atoms with Gasteiger partial charge >= 0.3 is 0 Å². The van der Waals surface area contributed by atoms with Crippen molar-refractivity contribution < 1.29 is 19.1 Å². The van der Waals surface area contributed by atoms with E-state index in [1.165, 1.54) is 24.8 Å². The Hall–Kier alpha value is -2.64. The summed E-state index contributed by atoms with van der Waals surface area (Å²) in [6, 6.07) is 11.8. The second kappa shape index (κ2) is 16.9. The zero-order chi connectivity index (χ0) is 26.2. The van der Waals surface area contributed by atoms with E-state index in [0.717, 1.165) is 18.5 Å². The summed E-state index contributed by atoms with van der Waals surface area (Å²) in [6.07, 6.45) is 8.54. The van der Waals surface area contributed by atoms with E-state index < -0.39 is 0 Å². The highest BCUT2D eigenvalue weighted by Gasteiger charge is 2.23. The number of carbonyl (C=O) groups is 2. The highest BCUT2D eigenvalue weighted by molar-refractivity contribution is 5.96. The van der Waals surface area contributed by atoms with Crippen LogP contribution in [0.2, 0.25) is 0 Å². The lowest BCUT2D eigenvalue weighted by Gasteiger charge is -2.28. The fourth-order valence-electron chi connectivity index (χ4n) is 4.12. The molecule has 1 aromatic heterocycles. The van der Waals surface area contributed by atoms with Gasteiger partial charge < -0.3 is 23.8 Å². The van der Waals surface area contributed by atoms with Crippen LogP contribution in [-0.4, -0.2) is 72.7 Å². The fourth-order valence-corrected chi connectivity index (χ4v) is 4.12. The van der Waals surface area contributed by atoms with Crippen LogP contribution in [0.1, 0.15) is 67.6 Å². The van der Waals surface area contributed by atoms with Gasteiger partial charge in [-0.3, -0.25) is 9.59 Å². The van der Waals surface area contributed by atoms with Gasteiger partial charge in [0.15, 0.2) is 0 Å². The van der Waals surface area contributed by atoms with Gasteiger partial charge in [0.25, 0.3) is 5.91 Å². The summed E-state index contributed by atoms with van der Waals surface area (Å²) in [5.74, 6) is -0.214. The van der Waals surface area contributed by atoms with Crippen molar-refractivity contribution in [3.05, 3.63) is 59.4 Å². The molecular weight excluding hydrogens is 454 g/mol. The third-order valence-electron chi connectivity index (χ3n) is 6.38. The van der Waals surface area contributed by atoms with Crippen LogP contribution in [0.3, 0.4) is 0 Å². The summed E-state index contributed by atoms with van der Waals surface area (Å²) in [5, 5.41) is 0. The number of aromatic nitrogens is 1. The SMILES string of the molecule is CCCCCCc1ccc(C(=O)N(CCCOCC)CC(=O)N(CCOC)Cc2cccn2C)cc1. The smallest absolute Gasteiger partial charge is 0.254 e. The van der Waals surface area contributed by atoms with Crippen LogP contribution in [0, 0.1) is 0 Å². The van der Waals surface area contributed by atoms with Gasteiger partial charge in [0.1, 0.15) is 6.54 Å². The molecule has 36 heavy (non-hydrogen) atoms. The van der Waals surface area contributed by atoms with Crippen LogP contribution in [0.5, 0.6) is 0 Å². The summed E-state index contributed by atoms with van der Waals surface area (Å²) >= 11 is 0. The number of aryl methyl sites for hydroxylation is 2. The van der Waals surface area contributed by atoms with Crippen LogP contribution in [0.25, 0.3) is 0 Å². The number of ether oxygens (including phenoxy) is 2. The van der Waals surface area contributed by atoms with Gasteiger partial charge in [-0.05, 0) is 56.0 Å². The highest BCUT2D eigenvalue weighted by atomic mass is 16.5. The van der Waals surface area contributed by atoms with Crippen LogP contribution in [-0.2, 0) is 34.3 Å². The molecule has 0 N–H and O–H groups in total. The molecule has 2 aromatic rings. The molecule has 0 saturated carbocycles. The summed E-state index contributed by atoms with van der Waals surface area (Å²) in [6.45, 7) is 7.22. The maximum absolute atomic E-state index is 13.4. The Bertz CT molecular complexity index is 894. The van der Waals surface area contributed by atoms with Crippen LogP contribution >= 0.6 is 0 Å². The summed E-state index contributed by atoms with van der Waals surface area (Å²) in [4.78, 5) is 30.3. The number of methoxy groups -OCH3 is 1. The van der Waals surface area contributed by atoms with Crippen molar-refractivity contribution in [2.45, 2.75) is 58.9 Å². The summed E-state index contributed by atoms with van der Waals surface area (Å²) in [5.41, 5.74) is 2.89. The summed E-state index contributed by atoms with van der Waals surface area (Å²) < 4.78 is 12.7. The van der Waals surface area contributed by atoms with Crippen molar-refractivity contribution in [1.82, 2.24) is 14.4 Å². The molecule has 0 unspecified atom stereocenters. The van der Waals surface area contributed by atoms with E-state index in [4.69, 9.17) is 9.47 Å². The molecule has 1 aromatic carbocycles. The van der Waals surface area contributed by atoms with Gasteiger partial charge in [0, 0.05) is 57.9 Å². The first-order valence-corrected chi connectivity index (χ1v) is 13.3. The molecule has 7 heteroatoms. The standard InChI is InChI=1S/C29H45N3O4/c1-5-7-8-9-12-25-14-16-26(17-15-25)29(34)32(19-11-21-36-6-2)24-28(33)31(20-22-35-4)23-27-13-10-18-30(27)3/h10,13-18H,5-9,11-12,19-24H2,1-4H3. The average molecular weight is 500 g/mol. The normalized spacial score (nSPS) is 11.0. The molecule has 0 bridgehead atoms. The Morgan fingerprint density at radius 2 is 1.69 bits per heavy atom. The minimum absolute atomic E-state index is 0.0257. The average Bonchev–Trinajstić information content (AvgIpc) is 3.30. The zero-order valence-corrected chi connectivity index (χ0v) is 22.7. The van der Waals surface area contributed by atoms with Crippen molar-refractivity contribution >= 4 is 11.8 Å². The van der Waals surface area contributed by atoms with E-state index in [2.05, 4.69) is 6.92 Å². The molecule has 0 aliphatic carbocycles. The maximum atomic E-state index is 13.4. The number of nitrogens with zero attached hydrogens (tertiary/aromatic N) is 3. The van der Waals surface area contributed by atoms with Crippen LogP contribution < -0.4 is 0 Å². The molecule has 0 saturated heterocycles. The van der Waals surface area contributed by atoms with Crippen molar-refractivity contribution in [1.29, 1.82) is 0 Å². The lowest BCUT2D eigenvalue weighted by atomic mass is 10.0. The van der Waals surface area contributed by atoms with Crippen molar-refractivity contribution in [3.63, 3.8) is 0 Å². The largest absolute Gasteiger partial charge is 0.383 e. The van der Waals surface area contributed by atoms with Gasteiger partial charge in [-0.15, -0.1) is 0 Å². The van der Waals surface area contributed by atoms with E-state index >= 15 is 0 Å². The van der Waals surface area contributed by atoms with E-state index in [1.54, 1.807) is 16.9 Å². The number of amides is 2. The number of unbranched alkanes of at least 4 members (excludes halogenated alkanes) is 3. The lowest BCUT2D eigenvalue weighted by Crippen LogP contribution is -2.44. The van der Waals surface area contributed by atoms with Gasteiger partial charge in [-0.1, -0.05) is 38.3 Å². The van der Waals surface area contributed by atoms with E-state index in [9.17, 15) is 9.59 Å². The van der Waals surface area contributed by atoms with Gasteiger partial charge in [-0.25, -0.2) is 0 Å². The Labute approximate surface area is 217 Å². The fraction of sp³-hybridized carbons (Fsp3) is 0.586. The molecule has 0 atom stereocenters. The number of hydrogen-bond acceptors (Lipinski definition) is 4. The number of benzene rings is 1. The lowest BCUT2D eigenvalue weighted by molar-refractivity contribution is -0.133. The third kappa shape index (κ3) is 10.2. The molecular formula is C29H45N3O4. The van der Waals surface area contributed by atoms with E-state index in [1.807, 2.05) is 61.1 Å². The molecule has 0 spiro atoms. The maximum Gasteiger partial charge on any atom is 0.254 e. The Morgan fingerprint density at radius 3 is 2.33 bits per heavy atom. The highest BCUT2D eigenvalue weighted by Crippen LogP contribution is 2.13. The number of carbonyl (C=O) groups excluding carboxylic acids is 2. The first-order chi connectivity index (χ1) is 17.5. The predicted molar refractivity (Wildman–Crippen MR) is 144 cm³/mol. The molecule has 0 aliphatic heterocycles. The van der Waals surface area contributed by atoms with E-state index in [0.29, 0.717) is 51.4 Å². The van der Waals surface area contributed by atoms with Crippen LogP contribution in [0.4, 0.5) is 0 Å². The molecule has 0 fully saturated rings. The van der Waals surface area contributed by atoms with Gasteiger partial charge in [0.05, 0.1) is 13.2 Å². The third-order valence-corrected chi connectivity index (χ3v) is 6.38. The van der Waals surface area contributed by atoms with Crippen LogP contribution in [0.15, 0.2) is 42.6 Å². The topological polar surface area (TPSA) is 64.0 Å². The number of rotatable bonds is 18. The van der Waals surface area contributed by atoms with Gasteiger partial charge in [0.2, 0.25) is 5.91 Å². The molecule has 7 nitrogen and oxygen atoms in total. The monoisotopic (exact) mass is 499 g/mol. The Morgan fingerprint density at radius 1 is 0.917 bits per heavy atom. The molecule has 1 heterocycles. The Balaban J connectivity index is 2.10.